The van der Waals surface area contributed by atoms with Gasteiger partial charge in [-0.15, -0.1) is 0 Å². The molecule has 1 aromatic rings. The Balaban J connectivity index is 2.41. The molecule has 1 heterocycles. The minimum absolute atomic E-state index is 0.523. The van der Waals surface area contributed by atoms with Gasteiger partial charge in [0.1, 0.15) is 18.2 Å². The molecule has 5 nitrogen and oxygen atoms in total. The number of aromatic nitrogens is 2. The summed E-state index contributed by atoms with van der Waals surface area (Å²) in [5.41, 5.74) is 0. The van der Waals surface area contributed by atoms with Gasteiger partial charge in [0.05, 0.1) is 6.61 Å². The van der Waals surface area contributed by atoms with E-state index in [1.807, 2.05) is 19.9 Å². The molecule has 0 radical (unpaired) electrons. The summed E-state index contributed by atoms with van der Waals surface area (Å²) in [4.78, 5) is 8.72. The average molecular weight is 267 g/mol. The Bertz CT molecular complexity index is 359. The monoisotopic (exact) mass is 267 g/mol. The van der Waals surface area contributed by atoms with Gasteiger partial charge in [0.25, 0.3) is 0 Å². The van der Waals surface area contributed by atoms with Crippen molar-refractivity contribution in [2.75, 3.05) is 31.7 Å². The molecule has 0 amide bonds. The number of unbranched alkanes of at least 4 members (excludes halogenated alkanes) is 1. The summed E-state index contributed by atoms with van der Waals surface area (Å²) < 4.78 is 11.0. The van der Waals surface area contributed by atoms with Crippen LogP contribution in [-0.2, 0) is 11.2 Å². The van der Waals surface area contributed by atoms with Crippen molar-refractivity contribution in [2.45, 2.75) is 40.0 Å². The first-order valence-corrected chi connectivity index (χ1v) is 7.12. The highest BCUT2D eigenvalue weighted by atomic mass is 16.5. The number of hydrogen-bond donors (Lipinski definition) is 1. The third-order valence-corrected chi connectivity index (χ3v) is 2.54. The highest BCUT2D eigenvalue weighted by Gasteiger charge is 2.03. The maximum atomic E-state index is 5.60. The molecule has 0 spiro atoms. The predicted octanol–water partition coefficient (Wildman–Crippen LogP) is 2.67. The van der Waals surface area contributed by atoms with E-state index in [9.17, 15) is 0 Å². The molecule has 0 atom stereocenters. The van der Waals surface area contributed by atoms with Crippen LogP contribution in [0.25, 0.3) is 0 Å². The van der Waals surface area contributed by atoms with Crippen LogP contribution in [0.1, 0.15) is 39.4 Å². The van der Waals surface area contributed by atoms with Crippen molar-refractivity contribution < 1.29 is 9.47 Å². The minimum Gasteiger partial charge on any atom is -0.475 e. The molecule has 19 heavy (non-hydrogen) atoms. The maximum absolute atomic E-state index is 5.60. The maximum Gasteiger partial charge on any atom is 0.218 e. The van der Waals surface area contributed by atoms with Crippen molar-refractivity contribution in [1.29, 1.82) is 0 Å². The van der Waals surface area contributed by atoms with Crippen LogP contribution in [0, 0.1) is 0 Å². The quantitative estimate of drug-likeness (QED) is 0.660. The van der Waals surface area contributed by atoms with Gasteiger partial charge < -0.3 is 14.8 Å². The van der Waals surface area contributed by atoms with Gasteiger partial charge in [-0.3, -0.25) is 0 Å². The number of ether oxygens (including phenoxy) is 2. The second-order valence-electron chi connectivity index (χ2n) is 4.21. The molecular formula is C14H25N3O2. The van der Waals surface area contributed by atoms with Crippen LogP contribution < -0.4 is 10.1 Å². The first kappa shape index (κ1) is 15.7. The lowest BCUT2D eigenvalue weighted by atomic mass is 10.4. The first-order chi connectivity index (χ1) is 9.30. The lowest BCUT2D eigenvalue weighted by molar-refractivity contribution is 0.0964. The molecule has 1 rings (SSSR count). The zero-order valence-electron chi connectivity index (χ0n) is 12.2. The Hall–Kier alpha value is -1.36. The van der Waals surface area contributed by atoms with Crippen LogP contribution in [0.5, 0.6) is 5.88 Å². The number of rotatable bonds is 10. The Kier molecular flexibility index (Phi) is 7.89. The van der Waals surface area contributed by atoms with Crippen LogP contribution >= 0.6 is 0 Å². The standard InChI is InChI=1S/C14H25N3O2/c1-4-7-8-18-9-10-19-14-11-13(15-6-3)16-12(5-2)17-14/h11H,4-10H2,1-3H3,(H,15,16,17). The third kappa shape index (κ3) is 6.38. The lowest BCUT2D eigenvalue weighted by Gasteiger charge is -2.09. The van der Waals surface area contributed by atoms with Gasteiger partial charge in [0, 0.05) is 25.6 Å². The topological polar surface area (TPSA) is 56.3 Å². The number of aryl methyl sites for hydroxylation is 1. The van der Waals surface area contributed by atoms with Crippen molar-refractivity contribution in [3.05, 3.63) is 11.9 Å². The number of nitrogens with one attached hydrogen (secondary N) is 1. The van der Waals surface area contributed by atoms with Crippen molar-refractivity contribution in [1.82, 2.24) is 9.97 Å². The summed E-state index contributed by atoms with van der Waals surface area (Å²) in [5.74, 6) is 2.22. The highest BCUT2D eigenvalue weighted by Crippen LogP contribution is 2.13. The van der Waals surface area contributed by atoms with E-state index in [0.717, 1.165) is 44.1 Å². The summed E-state index contributed by atoms with van der Waals surface area (Å²) in [6.45, 7) is 8.97. The first-order valence-electron chi connectivity index (χ1n) is 7.12. The van der Waals surface area contributed by atoms with Crippen molar-refractivity contribution in [2.24, 2.45) is 0 Å². The average Bonchev–Trinajstić information content (AvgIpc) is 2.43. The molecule has 0 saturated carbocycles. The zero-order chi connectivity index (χ0) is 13.9. The van der Waals surface area contributed by atoms with Crippen LogP contribution in [-0.4, -0.2) is 36.3 Å². The third-order valence-electron chi connectivity index (χ3n) is 2.54. The normalized spacial score (nSPS) is 10.5. The Labute approximate surface area is 115 Å². The Morgan fingerprint density at radius 1 is 1.11 bits per heavy atom. The molecule has 0 aliphatic heterocycles. The second kappa shape index (κ2) is 9.55. The smallest absolute Gasteiger partial charge is 0.218 e. The minimum atomic E-state index is 0.523. The molecule has 0 aromatic carbocycles. The summed E-state index contributed by atoms with van der Waals surface area (Å²) in [7, 11) is 0. The van der Waals surface area contributed by atoms with E-state index in [0.29, 0.717) is 19.1 Å². The highest BCUT2D eigenvalue weighted by molar-refractivity contribution is 5.38. The molecule has 1 N–H and O–H groups in total. The number of nitrogens with zero attached hydrogens (tertiary/aromatic N) is 2. The molecule has 0 unspecified atom stereocenters. The van der Waals surface area contributed by atoms with Gasteiger partial charge in [0.15, 0.2) is 0 Å². The summed E-state index contributed by atoms with van der Waals surface area (Å²) in [5, 5.41) is 3.18. The summed E-state index contributed by atoms with van der Waals surface area (Å²) in [6, 6.07) is 1.83. The molecule has 0 fully saturated rings. The predicted molar refractivity (Wildman–Crippen MR) is 76.8 cm³/mol. The van der Waals surface area contributed by atoms with Crippen molar-refractivity contribution >= 4 is 5.82 Å². The van der Waals surface area contributed by atoms with Gasteiger partial charge in [-0.05, 0) is 13.3 Å². The van der Waals surface area contributed by atoms with Gasteiger partial charge >= 0.3 is 0 Å². The van der Waals surface area contributed by atoms with Crippen LogP contribution in [0.2, 0.25) is 0 Å². The molecular weight excluding hydrogens is 242 g/mol. The lowest BCUT2D eigenvalue weighted by Crippen LogP contribution is -2.10. The SMILES string of the molecule is CCCCOCCOc1cc(NCC)nc(CC)n1. The second-order valence-corrected chi connectivity index (χ2v) is 4.21. The van der Waals surface area contributed by atoms with Gasteiger partial charge in [-0.25, -0.2) is 4.98 Å². The fourth-order valence-electron chi connectivity index (χ4n) is 1.53. The van der Waals surface area contributed by atoms with Crippen molar-refractivity contribution in [3.8, 4) is 5.88 Å². The Morgan fingerprint density at radius 2 is 1.95 bits per heavy atom. The Morgan fingerprint density at radius 3 is 2.63 bits per heavy atom. The van der Waals surface area contributed by atoms with E-state index in [1.165, 1.54) is 0 Å². The molecule has 0 aliphatic rings. The molecule has 108 valence electrons. The van der Waals surface area contributed by atoms with E-state index in [1.54, 1.807) is 0 Å². The van der Waals surface area contributed by atoms with Gasteiger partial charge in [-0.1, -0.05) is 20.3 Å². The van der Waals surface area contributed by atoms with Crippen LogP contribution in [0.15, 0.2) is 6.07 Å². The molecule has 0 aliphatic carbocycles. The summed E-state index contributed by atoms with van der Waals surface area (Å²) in [6.07, 6.45) is 3.04. The molecule has 0 saturated heterocycles. The van der Waals surface area contributed by atoms with Crippen LogP contribution in [0.4, 0.5) is 5.82 Å². The largest absolute Gasteiger partial charge is 0.475 e. The zero-order valence-corrected chi connectivity index (χ0v) is 12.2. The van der Waals surface area contributed by atoms with E-state index < -0.39 is 0 Å². The molecule has 1 aromatic heterocycles. The fourth-order valence-corrected chi connectivity index (χ4v) is 1.53. The van der Waals surface area contributed by atoms with Gasteiger partial charge in [-0.2, -0.15) is 4.98 Å². The van der Waals surface area contributed by atoms with Crippen molar-refractivity contribution in [3.63, 3.8) is 0 Å². The van der Waals surface area contributed by atoms with E-state index >= 15 is 0 Å². The number of hydrogen-bond acceptors (Lipinski definition) is 5. The fraction of sp³-hybridized carbons (Fsp3) is 0.714. The van der Waals surface area contributed by atoms with Crippen LogP contribution in [0.3, 0.4) is 0 Å². The van der Waals surface area contributed by atoms with E-state index in [4.69, 9.17) is 9.47 Å². The van der Waals surface area contributed by atoms with E-state index in [-0.39, 0.29) is 0 Å². The number of anilines is 1. The molecule has 5 heteroatoms. The van der Waals surface area contributed by atoms with E-state index in [2.05, 4.69) is 22.2 Å². The van der Waals surface area contributed by atoms with Gasteiger partial charge in [0.2, 0.25) is 5.88 Å². The summed E-state index contributed by atoms with van der Waals surface area (Å²) >= 11 is 0. The molecule has 0 bridgehead atoms.